The van der Waals surface area contributed by atoms with Crippen molar-refractivity contribution in [3.8, 4) is 11.5 Å². The number of aromatic nitrogens is 1. The number of nitrogens with one attached hydrogen (secondary N) is 1. The van der Waals surface area contributed by atoms with E-state index in [2.05, 4.69) is 33.1 Å². The Morgan fingerprint density at radius 1 is 1.09 bits per heavy atom. The number of carbonyl (C=O) groups excluding carboxylic acids is 1. The summed E-state index contributed by atoms with van der Waals surface area (Å²) in [6.45, 7) is 5.17. The predicted molar refractivity (Wildman–Crippen MR) is 134 cm³/mol. The predicted octanol–water partition coefficient (Wildman–Crippen LogP) is 3.56. The normalized spacial score (nSPS) is 15.3. The molecule has 4 rings (SSSR count). The maximum Gasteiger partial charge on any atom is 0.220 e. The van der Waals surface area contributed by atoms with Crippen LogP contribution in [0.5, 0.6) is 11.5 Å². The molecule has 1 fully saturated rings. The van der Waals surface area contributed by atoms with Gasteiger partial charge in [-0.2, -0.15) is 0 Å². The van der Waals surface area contributed by atoms with Crippen LogP contribution in [-0.2, 0) is 16.6 Å². The number of benzene rings is 2. The van der Waals surface area contributed by atoms with E-state index in [4.69, 9.17) is 14.2 Å². The monoisotopic (exact) mass is 465 g/mol. The minimum Gasteiger partial charge on any atom is -0.497 e. The van der Waals surface area contributed by atoms with Crippen LogP contribution in [0.4, 0.5) is 0 Å². The summed E-state index contributed by atoms with van der Waals surface area (Å²) in [6.07, 6.45) is 3.41. The van der Waals surface area contributed by atoms with Gasteiger partial charge in [-0.3, -0.25) is 9.69 Å². The van der Waals surface area contributed by atoms with Crippen molar-refractivity contribution >= 4 is 16.8 Å². The first-order chi connectivity index (χ1) is 16.6. The van der Waals surface area contributed by atoms with Gasteiger partial charge in [0.2, 0.25) is 5.91 Å². The number of fused-ring (bicyclic) bond motifs is 1. The number of amides is 1. The largest absolute Gasteiger partial charge is 0.497 e. The minimum absolute atomic E-state index is 0.0432. The van der Waals surface area contributed by atoms with Crippen molar-refractivity contribution in [1.82, 2.24) is 14.8 Å². The van der Waals surface area contributed by atoms with Crippen LogP contribution >= 0.6 is 0 Å². The molecule has 0 aliphatic carbocycles. The molecule has 1 aliphatic rings. The Morgan fingerprint density at radius 3 is 2.50 bits per heavy atom. The lowest BCUT2D eigenvalue weighted by atomic mass is 9.87. The Bertz CT molecular complexity index is 1080. The zero-order valence-corrected chi connectivity index (χ0v) is 20.4. The summed E-state index contributed by atoms with van der Waals surface area (Å²) >= 11 is 0. The van der Waals surface area contributed by atoms with Crippen molar-refractivity contribution in [2.45, 2.75) is 18.8 Å². The minimum atomic E-state index is -0.130. The van der Waals surface area contributed by atoms with E-state index in [1.54, 1.807) is 14.2 Å². The van der Waals surface area contributed by atoms with Gasteiger partial charge >= 0.3 is 0 Å². The number of carbonyl (C=O) groups is 1. The van der Waals surface area contributed by atoms with Gasteiger partial charge in [0.15, 0.2) is 0 Å². The van der Waals surface area contributed by atoms with Gasteiger partial charge in [0.05, 0.1) is 27.4 Å². The van der Waals surface area contributed by atoms with Gasteiger partial charge in [0.25, 0.3) is 0 Å². The topological polar surface area (TPSA) is 65.0 Å². The molecule has 1 unspecified atom stereocenters. The molecule has 7 nitrogen and oxygen atoms in total. The molecule has 0 radical (unpaired) electrons. The van der Waals surface area contributed by atoms with E-state index < -0.39 is 0 Å². The van der Waals surface area contributed by atoms with Crippen molar-refractivity contribution < 1.29 is 19.0 Å². The van der Waals surface area contributed by atoms with Gasteiger partial charge in [0.1, 0.15) is 11.5 Å². The summed E-state index contributed by atoms with van der Waals surface area (Å²) in [6, 6.07) is 14.2. The highest BCUT2D eigenvalue weighted by Crippen LogP contribution is 2.37. The van der Waals surface area contributed by atoms with Crippen LogP contribution < -0.4 is 14.8 Å². The lowest BCUT2D eigenvalue weighted by molar-refractivity contribution is -0.121. The summed E-state index contributed by atoms with van der Waals surface area (Å²) in [4.78, 5) is 15.5. The highest BCUT2D eigenvalue weighted by Gasteiger charge is 2.23. The quantitative estimate of drug-likeness (QED) is 0.464. The third kappa shape index (κ3) is 5.72. The van der Waals surface area contributed by atoms with Crippen LogP contribution in [0.3, 0.4) is 0 Å². The molecule has 182 valence electrons. The first kappa shape index (κ1) is 24.1. The summed E-state index contributed by atoms with van der Waals surface area (Å²) in [5.41, 5.74) is 3.26. The van der Waals surface area contributed by atoms with E-state index in [1.807, 2.05) is 37.4 Å². The maximum absolute atomic E-state index is 13.1. The summed E-state index contributed by atoms with van der Waals surface area (Å²) in [7, 11) is 5.33. The summed E-state index contributed by atoms with van der Waals surface area (Å²) in [5.74, 6) is 1.34. The Kier molecular flexibility index (Phi) is 8.08. The smallest absolute Gasteiger partial charge is 0.220 e. The molecular formula is C27H35N3O4. The average Bonchev–Trinajstić information content (AvgIpc) is 3.21. The molecule has 1 amide bonds. The van der Waals surface area contributed by atoms with Crippen molar-refractivity contribution in [3.63, 3.8) is 0 Å². The van der Waals surface area contributed by atoms with Crippen molar-refractivity contribution in [2.75, 3.05) is 53.6 Å². The molecule has 2 aromatic carbocycles. The van der Waals surface area contributed by atoms with Gasteiger partial charge in [0, 0.05) is 62.2 Å². The van der Waals surface area contributed by atoms with Crippen LogP contribution in [0.1, 0.15) is 29.9 Å². The third-order valence-electron chi connectivity index (χ3n) is 6.55. The lowest BCUT2D eigenvalue weighted by Gasteiger charge is -2.26. The molecule has 1 atom stereocenters. The number of ether oxygens (including phenoxy) is 3. The van der Waals surface area contributed by atoms with Gasteiger partial charge in [-0.15, -0.1) is 0 Å². The Labute approximate surface area is 201 Å². The van der Waals surface area contributed by atoms with E-state index >= 15 is 0 Å². The molecule has 7 heteroatoms. The van der Waals surface area contributed by atoms with Crippen LogP contribution in [0.25, 0.3) is 10.9 Å². The Balaban J connectivity index is 1.54. The second-order valence-corrected chi connectivity index (χ2v) is 8.77. The number of aryl methyl sites for hydroxylation is 1. The third-order valence-corrected chi connectivity index (χ3v) is 6.55. The number of morpholine rings is 1. The molecule has 1 N–H and O–H groups in total. The first-order valence-corrected chi connectivity index (χ1v) is 11.9. The molecule has 1 aliphatic heterocycles. The van der Waals surface area contributed by atoms with Gasteiger partial charge in [-0.25, -0.2) is 0 Å². The second kappa shape index (κ2) is 11.4. The summed E-state index contributed by atoms with van der Waals surface area (Å²) < 4.78 is 18.6. The number of rotatable bonds is 10. The van der Waals surface area contributed by atoms with Crippen LogP contribution in [0.15, 0.2) is 48.7 Å². The second-order valence-electron chi connectivity index (χ2n) is 8.77. The number of hydrogen-bond donors (Lipinski definition) is 1. The van der Waals surface area contributed by atoms with E-state index in [0.29, 0.717) is 24.5 Å². The lowest BCUT2D eigenvalue weighted by Crippen LogP contribution is -2.38. The average molecular weight is 466 g/mol. The van der Waals surface area contributed by atoms with Crippen LogP contribution in [0.2, 0.25) is 0 Å². The van der Waals surface area contributed by atoms with Crippen molar-refractivity contribution in [3.05, 3.63) is 59.8 Å². The SMILES string of the molecule is COc1cc(OC)cc(C(CC(=O)NCCCN2CCOCC2)c2cn(C)c3ccccc23)c1. The van der Waals surface area contributed by atoms with E-state index in [-0.39, 0.29) is 11.8 Å². The number of para-hydroxylation sites is 1. The van der Waals surface area contributed by atoms with Crippen molar-refractivity contribution in [2.24, 2.45) is 7.05 Å². The molecule has 3 aromatic rings. The standard InChI is InChI=1S/C27H35N3O4/c1-29-19-25(23-7-4-5-8-26(23)29)24(20-15-21(32-2)17-22(16-20)33-3)18-27(31)28-9-6-10-30-11-13-34-14-12-30/h4-5,7-8,15-17,19,24H,6,9-14,18H2,1-3H3,(H,28,31). The molecule has 1 aromatic heterocycles. The van der Waals surface area contributed by atoms with E-state index in [1.165, 1.54) is 0 Å². The van der Waals surface area contributed by atoms with Crippen molar-refractivity contribution in [1.29, 1.82) is 0 Å². The highest BCUT2D eigenvalue weighted by molar-refractivity contribution is 5.86. The number of hydrogen-bond acceptors (Lipinski definition) is 5. The molecule has 0 bridgehead atoms. The zero-order valence-electron chi connectivity index (χ0n) is 20.4. The molecule has 0 spiro atoms. The van der Waals surface area contributed by atoms with Gasteiger partial charge in [-0.05, 0) is 42.3 Å². The fourth-order valence-electron chi connectivity index (χ4n) is 4.70. The maximum atomic E-state index is 13.1. The van der Waals surface area contributed by atoms with Crippen LogP contribution in [-0.4, -0.2) is 69.0 Å². The Morgan fingerprint density at radius 2 is 1.79 bits per heavy atom. The molecule has 0 saturated carbocycles. The van der Waals surface area contributed by atoms with E-state index in [9.17, 15) is 4.79 Å². The number of methoxy groups -OCH3 is 2. The molecule has 34 heavy (non-hydrogen) atoms. The fraction of sp³-hybridized carbons (Fsp3) is 0.444. The molecule has 1 saturated heterocycles. The van der Waals surface area contributed by atoms with Crippen LogP contribution in [0, 0.1) is 0 Å². The zero-order chi connectivity index (χ0) is 23.9. The van der Waals surface area contributed by atoms with Gasteiger partial charge < -0.3 is 24.1 Å². The van der Waals surface area contributed by atoms with E-state index in [0.717, 1.165) is 61.3 Å². The highest BCUT2D eigenvalue weighted by atomic mass is 16.5. The fourth-order valence-corrected chi connectivity index (χ4v) is 4.70. The first-order valence-electron chi connectivity index (χ1n) is 11.9. The van der Waals surface area contributed by atoms with Gasteiger partial charge in [-0.1, -0.05) is 18.2 Å². The number of nitrogens with zero attached hydrogens (tertiary/aromatic N) is 2. The summed E-state index contributed by atoms with van der Waals surface area (Å²) in [5, 5.41) is 4.29. The Hall–Kier alpha value is -3.03. The molecular weight excluding hydrogens is 430 g/mol. The molecule has 2 heterocycles.